The average Bonchev–Trinajstić information content (AvgIpc) is 3.47. The van der Waals surface area contributed by atoms with Crippen molar-refractivity contribution in [3.63, 3.8) is 0 Å². The lowest BCUT2D eigenvalue weighted by atomic mass is 10.1. The number of amides is 2. The van der Waals surface area contributed by atoms with E-state index in [4.69, 9.17) is 30.3 Å². The predicted octanol–water partition coefficient (Wildman–Crippen LogP) is 7.63. The number of aromatic nitrogens is 1. The van der Waals surface area contributed by atoms with Crippen LogP contribution in [0.15, 0.2) is 102 Å². The summed E-state index contributed by atoms with van der Waals surface area (Å²) in [6, 6.07) is 28.0. The van der Waals surface area contributed by atoms with Gasteiger partial charge in [-0.15, -0.1) is 0 Å². The van der Waals surface area contributed by atoms with Gasteiger partial charge in [-0.2, -0.15) is 13.2 Å². The molecule has 9 nitrogen and oxygen atoms in total. The molecule has 0 aliphatic carbocycles. The molecule has 0 atom stereocenters. The van der Waals surface area contributed by atoms with E-state index in [1.807, 2.05) is 60.7 Å². The lowest BCUT2D eigenvalue weighted by Crippen LogP contribution is -2.34. The highest BCUT2D eigenvalue weighted by molar-refractivity contribution is 6.32. The first kappa shape index (κ1) is 33.9. The van der Waals surface area contributed by atoms with Gasteiger partial charge < -0.3 is 29.4 Å². The summed E-state index contributed by atoms with van der Waals surface area (Å²) in [7, 11) is 1.48. The highest BCUT2D eigenvalue weighted by Crippen LogP contribution is 2.43. The Hall–Kier alpha value is -5.49. The van der Waals surface area contributed by atoms with Crippen LogP contribution in [0.25, 0.3) is 11.3 Å². The molecule has 0 unspecified atom stereocenters. The summed E-state index contributed by atoms with van der Waals surface area (Å²) < 4.78 is 61.4. The highest BCUT2D eigenvalue weighted by Gasteiger charge is 2.30. The van der Waals surface area contributed by atoms with E-state index in [0.717, 1.165) is 11.1 Å². The van der Waals surface area contributed by atoms with Crippen molar-refractivity contribution in [3.05, 3.63) is 124 Å². The van der Waals surface area contributed by atoms with Gasteiger partial charge in [-0.1, -0.05) is 77.4 Å². The normalized spacial score (nSPS) is 11.1. The minimum Gasteiger partial charge on any atom is -0.497 e. The van der Waals surface area contributed by atoms with E-state index in [1.54, 1.807) is 23.5 Å². The zero-order valence-electron chi connectivity index (χ0n) is 25.5. The molecule has 0 saturated heterocycles. The number of hydrogen-bond donors (Lipinski definition) is 2. The summed E-state index contributed by atoms with van der Waals surface area (Å²) in [6.07, 6.45) is -5.26. The second-order valence-electron chi connectivity index (χ2n) is 10.4. The Morgan fingerprint density at radius 1 is 0.854 bits per heavy atom. The van der Waals surface area contributed by atoms with Crippen molar-refractivity contribution in [2.45, 2.75) is 25.8 Å². The summed E-state index contributed by atoms with van der Waals surface area (Å²) in [5.74, 6) is -0.605. The molecular weight excluding hydrogens is 651 g/mol. The van der Waals surface area contributed by atoms with Crippen LogP contribution in [0.1, 0.15) is 27.2 Å². The van der Waals surface area contributed by atoms with Gasteiger partial charge in [0.2, 0.25) is 5.91 Å². The maximum absolute atomic E-state index is 13.4. The fraction of sp³-hybridized carbons (Fsp3) is 0.171. The third kappa shape index (κ3) is 9.07. The summed E-state index contributed by atoms with van der Waals surface area (Å²) in [5.41, 5.74) is 2.02. The SMILES string of the molecule is COc1ccc(C(=O)Nc2c(CC(=O)NCC(F)(F)F)noc2-c2cc(Cl)c(OCc3ccccc3)cc2OCc2ccccc2)cc1. The first-order valence-electron chi connectivity index (χ1n) is 14.5. The van der Waals surface area contributed by atoms with Crippen molar-refractivity contribution >= 4 is 29.1 Å². The average molecular weight is 680 g/mol. The number of ether oxygens (including phenoxy) is 3. The molecule has 0 fully saturated rings. The molecule has 0 saturated carbocycles. The Kier molecular flexibility index (Phi) is 10.9. The molecule has 1 aromatic heterocycles. The number of carbonyl (C=O) groups excluding carboxylic acids is 2. The van der Waals surface area contributed by atoms with Crippen LogP contribution in [0.5, 0.6) is 17.2 Å². The van der Waals surface area contributed by atoms with E-state index < -0.39 is 31.0 Å². The van der Waals surface area contributed by atoms with Gasteiger partial charge >= 0.3 is 6.18 Å². The van der Waals surface area contributed by atoms with Crippen LogP contribution in [0.2, 0.25) is 5.02 Å². The smallest absolute Gasteiger partial charge is 0.405 e. The van der Waals surface area contributed by atoms with E-state index in [0.29, 0.717) is 11.5 Å². The maximum Gasteiger partial charge on any atom is 0.405 e. The molecule has 1 heterocycles. The van der Waals surface area contributed by atoms with Gasteiger partial charge in [0, 0.05) is 11.6 Å². The molecule has 4 aromatic carbocycles. The van der Waals surface area contributed by atoms with Crippen molar-refractivity contribution < 1.29 is 41.5 Å². The Bertz CT molecular complexity index is 1850. The molecule has 248 valence electrons. The van der Waals surface area contributed by atoms with Gasteiger partial charge in [0.05, 0.1) is 24.1 Å². The summed E-state index contributed by atoms with van der Waals surface area (Å²) in [6.45, 7) is -1.20. The number of methoxy groups -OCH3 is 1. The Balaban J connectivity index is 1.53. The number of carbonyl (C=O) groups is 2. The van der Waals surface area contributed by atoms with Gasteiger partial charge in [-0.3, -0.25) is 9.59 Å². The Morgan fingerprint density at radius 3 is 2.04 bits per heavy atom. The second kappa shape index (κ2) is 15.4. The molecule has 0 aliphatic heterocycles. The highest BCUT2D eigenvalue weighted by atomic mass is 35.5. The van der Waals surface area contributed by atoms with Crippen LogP contribution in [-0.4, -0.2) is 36.8 Å². The van der Waals surface area contributed by atoms with Gasteiger partial charge in [-0.05, 0) is 41.5 Å². The van der Waals surface area contributed by atoms with Gasteiger partial charge in [0.15, 0.2) is 5.76 Å². The summed E-state index contributed by atoms with van der Waals surface area (Å²) in [5, 5.41) is 8.63. The van der Waals surface area contributed by atoms with Crippen LogP contribution in [0.3, 0.4) is 0 Å². The Labute approximate surface area is 278 Å². The van der Waals surface area contributed by atoms with Crippen LogP contribution in [-0.2, 0) is 24.4 Å². The molecule has 0 aliphatic rings. The van der Waals surface area contributed by atoms with Gasteiger partial charge in [-0.25, -0.2) is 0 Å². The van der Waals surface area contributed by atoms with Crippen molar-refractivity contribution in [1.29, 1.82) is 0 Å². The molecule has 2 N–H and O–H groups in total. The first-order valence-corrected chi connectivity index (χ1v) is 14.9. The van der Waals surface area contributed by atoms with Crippen molar-refractivity contribution in [1.82, 2.24) is 10.5 Å². The van der Waals surface area contributed by atoms with Crippen LogP contribution in [0.4, 0.5) is 18.9 Å². The predicted molar refractivity (Wildman–Crippen MR) is 172 cm³/mol. The number of nitrogens with zero attached hydrogens (tertiary/aromatic N) is 1. The largest absolute Gasteiger partial charge is 0.497 e. The number of anilines is 1. The number of nitrogens with one attached hydrogen (secondary N) is 2. The molecule has 0 spiro atoms. The number of hydrogen-bond acceptors (Lipinski definition) is 7. The van der Waals surface area contributed by atoms with Crippen LogP contribution >= 0.6 is 11.6 Å². The number of halogens is 4. The first-order chi connectivity index (χ1) is 23.1. The van der Waals surface area contributed by atoms with Crippen molar-refractivity contribution in [2.75, 3.05) is 19.0 Å². The molecule has 48 heavy (non-hydrogen) atoms. The van der Waals surface area contributed by atoms with E-state index in [2.05, 4.69) is 10.5 Å². The van der Waals surface area contributed by atoms with E-state index >= 15 is 0 Å². The molecule has 0 radical (unpaired) electrons. The van der Waals surface area contributed by atoms with E-state index in [9.17, 15) is 22.8 Å². The number of rotatable bonds is 13. The van der Waals surface area contributed by atoms with E-state index in [-0.39, 0.29) is 52.3 Å². The molecular formula is C35H29ClF3N3O6. The lowest BCUT2D eigenvalue weighted by molar-refractivity contribution is -0.138. The van der Waals surface area contributed by atoms with E-state index in [1.165, 1.54) is 25.3 Å². The van der Waals surface area contributed by atoms with Gasteiger partial charge in [0.1, 0.15) is 48.4 Å². The van der Waals surface area contributed by atoms with Gasteiger partial charge in [0.25, 0.3) is 5.91 Å². The monoisotopic (exact) mass is 679 g/mol. The third-order valence-electron chi connectivity index (χ3n) is 6.92. The molecule has 0 bridgehead atoms. The minimum atomic E-state index is -4.62. The molecule has 5 rings (SSSR count). The Morgan fingerprint density at radius 2 is 1.46 bits per heavy atom. The molecule has 2 amide bonds. The zero-order chi connectivity index (χ0) is 34.1. The van der Waals surface area contributed by atoms with Crippen molar-refractivity contribution in [3.8, 4) is 28.6 Å². The quantitative estimate of drug-likeness (QED) is 0.132. The minimum absolute atomic E-state index is 0.0462. The summed E-state index contributed by atoms with van der Waals surface area (Å²) in [4.78, 5) is 25.9. The number of alkyl halides is 3. The lowest BCUT2D eigenvalue weighted by Gasteiger charge is -2.16. The topological polar surface area (TPSA) is 112 Å². The fourth-order valence-electron chi connectivity index (χ4n) is 4.51. The standard InChI is InChI=1S/C35H29ClF3N3O6/c1-45-25-14-12-24(13-15-25)34(44)41-32-28(17-31(43)40-21-35(37,38)39)42-48-33(32)26-16-27(36)30(47-20-23-10-6-3-7-11-23)18-29(26)46-19-22-8-4-2-5-9-22/h2-16,18H,17,19-21H2,1H3,(H,40,43)(H,41,44). The number of benzene rings is 4. The zero-order valence-corrected chi connectivity index (χ0v) is 26.2. The molecule has 5 aromatic rings. The maximum atomic E-state index is 13.4. The van der Waals surface area contributed by atoms with Crippen LogP contribution in [0, 0.1) is 0 Å². The van der Waals surface area contributed by atoms with Crippen LogP contribution < -0.4 is 24.8 Å². The summed E-state index contributed by atoms with van der Waals surface area (Å²) >= 11 is 6.68. The fourth-order valence-corrected chi connectivity index (χ4v) is 4.73. The second-order valence-corrected chi connectivity index (χ2v) is 10.8. The van der Waals surface area contributed by atoms with Crippen molar-refractivity contribution in [2.24, 2.45) is 0 Å². The molecule has 13 heteroatoms. The third-order valence-corrected chi connectivity index (χ3v) is 7.22.